The number of fused-ring (bicyclic) bond motifs is 1. The smallest absolute Gasteiger partial charge is 0.243 e. The maximum atomic E-state index is 13.8. The van der Waals surface area contributed by atoms with Crippen molar-refractivity contribution >= 4 is 32.4 Å². The maximum Gasteiger partial charge on any atom is 0.243 e. The lowest BCUT2D eigenvalue weighted by molar-refractivity contribution is 0.288. The number of nitrogens with one attached hydrogen (secondary N) is 1. The minimum atomic E-state index is -3.55. The third kappa shape index (κ3) is 4.09. The molecule has 29 heavy (non-hydrogen) atoms. The predicted octanol–water partition coefficient (Wildman–Crippen LogP) is 4.68. The summed E-state index contributed by atoms with van der Waals surface area (Å²) in [6.07, 6.45) is 1.72. The molecule has 1 N–H and O–H groups in total. The lowest BCUT2D eigenvalue weighted by Crippen LogP contribution is -2.37. The van der Waals surface area contributed by atoms with Gasteiger partial charge in [-0.1, -0.05) is 6.92 Å². The van der Waals surface area contributed by atoms with E-state index in [1.165, 1.54) is 10.4 Å². The summed E-state index contributed by atoms with van der Waals surface area (Å²) in [5.41, 5.74) is 0.536. The van der Waals surface area contributed by atoms with Gasteiger partial charge in [0.25, 0.3) is 0 Å². The highest BCUT2D eigenvalue weighted by Crippen LogP contribution is 2.27. The second kappa shape index (κ2) is 7.68. The van der Waals surface area contributed by atoms with Crippen LogP contribution in [0, 0.1) is 17.6 Å². The number of rotatable bonds is 4. The summed E-state index contributed by atoms with van der Waals surface area (Å²) in [5.74, 6) is -0.277. The lowest BCUT2D eigenvalue weighted by atomic mass is 10.0. The molecule has 2 heterocycles. The van der Waals surface area contributed by atoms with Crippen LogP contribution in [-0.4, -0.2) is 30.8 Å². The Morgan fingerprint density at radius 1 is 1.03 bits per heavy atom. The first-order valence-corrected chi connectivity index (χ1v) is 10.9. The Labute approximate surface area is 168 Å². The normalized spacial score (nSPS) is 16.2. The van der Waals surface area contributed by atoms with Crippen LogP contribution in [-0.2, 0) is 10.0 Å². The number of hydrogen-bond acceptors (Lipinski definition) is 4. The summed E-state index contributed by atoms with van der Waals surface area (Å²) in [6.45, 7) is 3.19. The quantitative estimate of drug-likeness (QED) is 0.670. The molecule has 0 amide bonds. The average Bonchev–Trinajstić information content (AvgIpc) is 2.70. The van der Waals surface area contributed by atoms with Crippen LogP contribution in [0.25, 0.3) is 10.9 Å². The van der Waals surface area contributed by atoms with E-state index in [0.717, 1.165) is 31.0 Å². The molecule has 0 aliphatic carbocycles. The van der Waals surface area contributed by atoms with E-state index in [-0.39, 0.29) is 10.6 Å². The zero-order valence-corrected chi connectivity index (χ0v) is 16.7. The van der Waals surface area contributed by atoms with Crippen molar-refractivity contribution in [1.82, 2.24) is 9.29 Å². The van der Waals surface area contributed by atoms with Gasteiger partial charge in [0, 0.05) is 24.5 Å². The zero-order valence-electron chi connectivity index (χ0n) is 15.9. The standard InChI is InChI=1S/C21H21F2N3O2S/c1-14-8-10-26(11-9-14)29(27,28)17-4-6-19-15(12-17)2-7-21(24-19)25-20-13-16(22)3-5-18(20)23/h2-7,12-14H,8-11H2,1H3,(H,24,25). The molecule has 0 radical (unpaired) electrons. The Morgan fingerprint density at radius 3 is 2.55 bits per heavy atom. The second-order valence-electron chi connectivity index (χ2n) is 7.39. The van der Waals surface area contributed by atoms with Crippen LogP contribution in [0.1, 0.15) is 19.8 Å². The number of pyridine rings is 1. The summed E-state index contributed by atoms with van der Waals surface area (Å²) in [5, 5.41) is 3.41. The highest BCUT2D eigenvalue weighted by molar-refractivity contribution is 7.89. The number of aromatic nitrogens is 1. The van der Waals surface area contributed by atoms with E-state index >= 15 is 0 Å². The zero-order chi connectivity index (χ0) is 20.6. The van der Waals surface area contributed by atoms with Crippen LogP contribution < -0.4 is 5.32 Å². The van der Waals surface area contributed by atoms with Gasteiger partial charge in [0.1, 0.15) is 17.5 Å². The largest absolute Gasteiger partial charge is 0.338 e. The molecule has 0 bridgehead atoms. The topological polar surface area (TPSA) is 62.3 Å². The maximum absolute atomic E-state index is 13.8. The van der Waals surface area contributed by atoms with Crippen molar-refractivity contribution in [3.05, 3.63) is 60.2 Å². The molecule has 1 aromatic heterocycles. The van der Waals surface area contributed by atoms with Gasteiger partial charge in [0.15, 0.2) is 0 Å². The van der Waals surface area contributed by atoms with E-state index in [1.807, 2.05) is 0 Å². The summed E-state index contributed by atoms with van der Waals surface area (Å²) in [6, 6.07) is 11.2. The molecule has 1 fully saturated rings. The van der Waals surface area contributed by atoms with Crippen LogP contribution >= 0.6 is 0 Å². The average molecular weight is 417 g/mol. The molecule has 8 heteroatoms. The Bertz CT molecular complexity index is 1160. The van der Waals surface area contributed by atoms with Gasteiger partial charge in [-0.15, -0.1) is 0 Å². The van der Waals surface area contributed by atoms with Gasteiger partial charge in [-0.2, -0.15) is 4.31 Å². The monoisotopic (exact) mass is 417 g/mol. The summed E-state index contributed by atoms with van der Waals surface area (Å²) < 4.78 is 54.6. The van der Waals surface area contributed by atoms with Gasteiger partial charge < -0.3 is 5.32 Å². The van der Waals surface area contributed by atoms with Crippen LogP contribution in [0.15, 0.2) is 53.4 Å². The predicted molar refractivity (Wildman–Crippen MR) is 109 cm³/mol. The highest BCUT2D eigenvalue weighted by atomic mass is 32.2. The molecule has 4 rings (SSSR count). The summed E-state index contributed by atoms with van der Waals surface area (Å²) in [7, 11) is -3.55. The van der Waals surface area contributed by atoms with Gasteiger partial charge in [0.2, 0.25) is 10.0 Å². The number of halogens is 2. The highest BCUT2D eigenvalue weighted by Gasteiger charge is 2.28. The Kier molecular flexibility index (Phi) is 5.23. The van der Waals surface area contributed by atoms with E-state index in [1.54, 1.807) is 24.3 Å². The van der Waals surface area contributed by atoms with E-state index < -0.39 is 21.7 Å². The fourth-order valence-corrected chi connectivity index (χ4v) is 4.94. The number of anilines is 2. The van der Waals surface area contributed by atoms with E-state index in [2.05, 4.69) is 17.2 Å². The van der Waals surface area contributed by atoms with Gasteiger partial charge in [-0.25, -0.2) is 22.2 Å². The number of sulfonamides is 1. The van der Waals surface area contributed by atoms with E-state index in [9.17, 15) is 17.2 Å². The number of nitrogens with zero attached hydrogens (tertiary/aromatic N) is 2. The molecule has 1 saturated heterocycles. The van der Waals surface area contributed by atoms with Crippen LogP contribution in [0.4, 0.5) is 20.3 Å². The lowest BCUT2D eigenvalue weighted by Gasteiger charge is -2.29. The van der Waals surface area contributed by atoms with Crippen molar-refractivity contribution < 1.29 is 17.2 Å². The number of benzene rings is 2. The third-order valence-electron chi connectivity index (χ3n) is 5.23. The first-order chi connectivity index (χ1) is 13.8. The first-order valence-electron chi connectivity index (χ1n) is 9.46. The minimum Gasteiger partial charge on any atom is -0.338 e. The fraction of sp³-hybridized carbons (Fsp3) is 0.286. The minimum absolute atomic E-state index is 0.0182. The number of hydrogen-bond donors (Lipinski definition) is 1. The molecule has 0 saturated carbocycles. The second-order valence-corrected chi connectivity index (χ2v) is 9.32. The molecule has 2 aromatic carbocycles. The Balaban J connectivity index is 1.61. The van der Waals surface area contributed by atoms with Gasteiger partial charge >= 0.3 is 0 Å². The van der Waals surface area contributed by atoms with Crippen molar-refractivity contribution in [2.24, 2.45) is 5.92 Å². The van der Waals surface area contributed by atoms with Crippen LogP contribution in [0.2, 0.25) is 0 Å². The molecule has 1 aliphatic heterocycles. The van der Waals surface area contributed by atoms with Gasteiger partial charge in [-0.3, -0.25) is 0 Å². The molecule has 3 aromatic rings. The first kappa shape index (κ1) is 19.7. The third-order valence-corrected chi connectivity index (χ3v) is 7.13. The Morgan fingerprint density at radius 2 is 1.79 bits per heavy atom. The molecular weight excluding hydrogens is 396 g/mol. The van der Waals surface area contributed by atoms with Crippen LogP contribution in [0.3, 0.4) is 0 Å². The van der Waals surface area contributed by atoms with Crippen LogP contribution in [0.5, 0.6) is 0 Å². The molecule has 5 nitrogen and oxygen atoms in total. The summed E-state index contributed by atoms with van der Waals surface area (Å²) >= 11 is 0. The number of piperidine rings is 1. The van der Waals surface area contributed by atoms with E-state index in [0.29, 0.717) is 35.7 Å². The molecule has 152 valence electrons. The van der Waals surface area contributed by atoms with Crippen molar-refractivity contribution in [3.8, 4) is 0 Å². The molecule has 0 atom stereocenters. The Hall–Kier alpha value is -2.58. The SMILES string of the molecule is CC1CCN(S(=O)(=O)c2ccc3nc(Nc4cc(F)ccc4F)ccc3c2)CC1. The molecular formula is C21H21F2N3O2S. The van der Waals surface area contributed by atoms with Crippen molar-refractivity contribution in [3.63, 3.8) is 0 Å². The fourth-order valence-electron chi connectivity index (χ4n) is 3.44. The molecule has 1 aliphatic rings. The van der Waals surface area contributed by atoms with Crippen molar-refractivity contribution in [1.29, 1.82) is 0 Å². The summed E-state index contributed by atoms with van der Waals surface area (Å²) in [4.78, 5) is 4.61. The van der Waals surface area contributed by atoms with Crippen molar-refractivity contribution in [2.45, 2.75) is 24.7 Å². The van der Waals surface area contributed by atoms with Crippen molar-refractivity contribution in [2.75, 3.05) is 18.4 Å². The molecule has 0 spiro atoms. The van der Waals surface area contributed by atoms with E-state index in [4.69, 9.17) is 0 Å². The van der Waals surface area contributed by atoms with Gasteiger partial charge in [0.05, 0.1) is 16.1 Å². The molecule has 0 unspecified atom stereocenters. The van der Waals surface area contributed by atoms with Gasteiger partial charge in [-0.05, 0) is 61.2 Å².